The van der Waals surface area contributed by atoms with Gasteiger partial charge >= 0.3 is 0 Å². The van der Waals surface area contributed by atoms with Gasteiger partial charge in [0, 0.05) is 4.47 Å². The van der Waals surface area contributed by atoms with E-state index in [9.17, 15) is 14.7 Å². The summed E-state index contributed by atoms with van der Waals surface area (Å²) in [4.78, 5) is 28.4. The van der Waals surface area contributed by atoms with Gasteiger partial charge in [-0.05, 0) is 48.0 Å². The molecule has 4 aromatic rings. The summed E-state index contributed by atoms with van der Waals surface area (Å²) >= 11 is 3.38. The lowest BCUT2D eigenvalue weighted by Gasteiger charge is -2.24. The van der Waals surface area contributed by atoms with Crippen LogP contribution in [-0.4, -0.2) is 23.0 Å². The Balaban J connectivity index is 1.76. The molecule has 1 amide bonds. The summed E-state index contributed by atoms with van der Waals surface area (Å²) in [5.74, 6) is 0.359. The molecular formula is C23H16BrNO6. The van der Waals surface area contributed by atoms with Crippen LogP contribution in [0.25, 0.3) is 11.0 Å². The zero-order valence-corrected chi connectivity index (χ0v) is 17.9. The summed E-state index contributed by atoms with van der Waals surface area (Å²) in [6, 6.07) is 12.6. The zero-order chi connectivity index (χ0) is 21.7. The van der Waals surface area contributed by atoms with Gasteiger partial charge in [-0.1, -0.05) is 22.0 Å². The number of hydrogen-bond acceptors (Lipinski definition) is 6. The highest BCUT2D eigenvalue weighted by molar-refractivity contribution is 9.10. The molecular weight excluding hydrogens is 466 g/mol. The van der Waals surface area contributed by atoms with Crippen LogP contribution < -0.4 is 10.2 Å². The number of hydrogen-bond donors (Lipinski definition) is 1. The minimum absolute atomic E-state index is 0.00317. The maximum atomic E-state index is 13.5. The van der Waals surface area contributed by atoms with E-state index in [2.05, 4.69) is 15.9 Å². The van der Waals surface area contributed by atoms with Gasteiger partial charge in [0.25, 0.3) is 5.91 Å². The predicted molar refractivity (Wildman–Crippen MR) is 115 cm³/mol. The van der Waals surface area contributed by atoms with E-state index in [0.717, 1.165) is 4.47 Å². The molecule has 0 saturated heterocycles. The Bertz CT molecular complexity index is 1380. The third-order valence-electron chi connectivity index (χ3n) is 5.35. The molecule has 7 nitrogen and oxygen atoms in total. The number of furan rings is 1. The number of phenolic OH excluding ortho intramolecular Hbond substituents is 1. The van der Waals surface area contributed by atoms with Crippen LogP contribution >= 0.6 is 15.9 Å². The van der Waals surface area contributed by atoms with Crippen molar-refractivity contribution in [1.29, 1.82) is 0 Å². The van der Waals surface area contributed by atoms with E-state index < -0.39 is 11.9 Å². The minimum Gasteiger partial charge on any atom is -0.504 e. The smallest absolute Gasteiger partial charge is 0.291 e. The molecule has 0 saturated carbocycles. The normalized spacial score (nSPS) is 15.5. The van der Waals surface area contributed by atoms with Crippen LogP contribution in [0.3, 0.4) is 0 Å². The van der Waals surface area contributed by atoms with Crippen molar-refractivity contribution >= 4 is 32.8 Å². The first-order chi connectivity index (χ1) is 15.0. The van der Waals surface area contributed by atoms with Crippen LogP contribution in [0.5, 0.6) is 11.5 Å². The Labute approximate surface area is 184 Å². The van der Waals surface area contributed by atoms with Gasteiger partial charge in [0.2, 0.25) is 5.76 Å². The molecule has 0 spiro atoms. The van der Waals surface area contributed by atoms with Gasteiger partial charge < -0.3 is 23.6 Å². The summed E-state index contributed by atoms with van der Waals surface area (Å²) in [7, 11) is 1.44. The van der Waals surface area contributed by atoms with Crippen LogP contribution in [-0.2, 0) is 6.54 Å². The Morgan fingerprint density at radius 3 is 2.74 bits per heavy atom. The first-order valence-corrected chi connectivity index (χ1v) is 10.2. The molecule has 0 fully saturated rings. The van der Waals surface area contributed by atoms with Crippen molar-refractivity contribution in [2.75, 3.05) is 7.11 Å². The van der Waals surface area contributed by atoms with Crippen LogP contribution in [0, 0.1) is 0 Å². The molecule has 1 unspecified atom stereocenters. The second-order valence-corrected chi connectivity index (χ2v) is 8.08. The summed E-state index contributed by atoms with van der Waals surface area (Å²) in [5.41, 5.74) is 0.900. The average Bonchev–Trinajstić information content (AvgIpc) is 3.37. The van der Waals surface area contributed by atoms with Crippen molar-refractivity contribution in [3.8, 4) is 11.5 Å². The molecule has 2 aromatic heterocycles. The SMILES string of the molecule is COc1cc(C2c3c(oc4ccc(Br)cc4c3=O)C(=O)N2Cc2ccco2)ccc1O. The largest absolute Gasteiger partial charge is 0.504 e. The summed E-state index contributed by atoms with van der Waals surface area (Å²) in [6.07, 6.45) is 1.52. The Morgan fingerprint density at radius 2 is 2.00 bits per heavy atom. The van der Waals surface area contributed by atoms with Crippen molar-refractivity contribution in [2.24, 2.45) is 0 Å². The number of rotatable bonds is 4. The number of methoxy groups -OCH3 is 1. The van der Waals surface area contributed by atoms with Crippen molar-refractivity contribution in [1.82, 2.24) is 4.90 Å². The first kappa shape index (κ1) is 19.4. The monoisotopic (exact) mass is 481 g/mol. The molecule has 5 rings (SSSR count). The van der Waals surface area contributed by atoms with Gasteiger partial charge in [-0.25, -0.2) is 0 Å². The fourth-order valence-electron chi connectivity index (χ4n) is 3.94. The van der Waals surface area contributed by atoms with Gasteiger partial charge in [-0.2, -0.15) is 0 Å². The predicted octanol–water partition coefficient (Wildman–Crippen LogP) is 4.61. The van der Waals surface area contributed by atoms with E-state index in [4.69, 9.17) is 13.6 Å². The molecule has 31 heavy (non-hydrogen) atoms. The van der Waals surface area contributed by atoms with Gasteiger partial charge in [0.15, 0.2) is 16.9 Å². The highest BCUT2D eigenvalue weighted by Crippen LogP contribution is 2.41. The van der Waals surface area contributed by atoms with Gasteiger partial charge in [-0.3, -0.25) is 9.59 Å². The number of carbonyl (C=O) groups excluding carboxylic acids is 1. The fourth-order valence-corrected chi connectivity index (χ4v) is 4.30. The first-order valence-electron chi connectivity index (χ1n) is 9.44. The van der Waals surface area contributed by atoms with E-state index in [0.29, 0.717) is 22.3 Å². The molecule has 1 atom stereocenters. The molecule has 1 N–H and O–H groups in total. The molecule has 8 heteroatoms. The van der Waals surface area contributed by atoms with Crippen molar-refractivity contribution in [3.63, 3.8) is 0 Å². The molecule has 0 aliphatic carbocycles. The maximum Gasteiger partial charge on any atom is 0.291 e. The number of phenols is 1. The third-order valence-corrected chi connectivity index (χ3v) is 5.85. The number of halogens is 1. The number of fused-ring (bicyclic) bond motifs is 2. The minimum atomic E-state index is -0.735. The Morgan fingerprint density at radius 1 is 1.16 bits per heavy atom. The van der Waals surface area contributed by atoms with E-state index in [-0.39, 0.29) is 34.8 Å². The van der Waals surface area contributed by atoms with Crippen molar-refractivity contribution < 1.29 is 23.5 Å². The van der Waals surface area contributed by atoms with Crippen LogP contribution in [0.4, 0.5) is 0 Å². The number of carbonyl (C=O) groups is 1. The number of ether oxygens (including phenoxy) is 1. The molecule has 1 aliphatic heterocycles. The Hall–Kier alpha value is -3.52. The molecule has 0 radical (unpaired) electrons. The van der Waals surface area contributed by atoms with Gasteiger partial charge in [0.05, 0.1) is 36.9 Å². The highest BCUT2D eigenvalue weighted by Gasteiger charge is 2.43. The number of aromatic hydroxyl groups is 1. The quantitative estimate of drug-likeness (QED) is 0.457. The summed E-state index contributed by atoms with van der Waals surface area (Å²) in [6.45, 7) is 0.142. The topological polar surface area (TPSA) is 93.1 Å². The maximum absolute atomic E-state index is 13.5. The highest BCUT2D eigenvalue weighted by atomic mass is 79.9. The molecule has 3 heterocycles. The van der Waals surface area contributed by atoms with E-state index in [1.54, 1.807) is 42.5 Å². The van der Waals surface area contributed by atoms with Crippen LogP contribution in [0.15, 0.2) is 72.9 Å². The fraction of sp³-hybridized carbons (Fsp3) is 0.130. The van der Waals surface area contributed by atoms with Gasteiger partial charge in [-0.15, -0.1) is 0 Å². The standard InChI is InChI=1S/C23H16BrNO6/c1-29-18-9-12(4-6-16(18)26)20-19-21(27)15-10-13(24)5-7-17(15)31-22(19)23(28)25(20)11-14-3-2-8-30-14/h2-10,20,26H,11H2,1H3. The lowest BCUT2D eigenvalue weighted by atomic mass is 9.98. The lowest BCUT2D eigenvalue weighted by Crippen LogP contribution is -2.29. The zero-order valence-electron chi connectivity index (χ0n) is 16.3. The van der Waals surface area contributed by atoms with E-state index >= 15 is 0 Å². The molecule has 2 aromatic carbocycles. The molecule has 1 aliphatic rings. The number of benzene rings is 2. The second kappa shape index (κ2) is 7.31. The Kier molecular flexibility index (Phi) is 4.59. The van der Waals surface area contributed by atoms with E-state index in [1.807, 2.05) is 0 Å². The van der Waals surface area contributed by atoms with Crippen LogP contribution in [0.2, 0.25) is 0 Å². The lowest BCUT2D eigenvalue weighted by molar-refractivity contribution is 0.0701. The molecule has 0 bridgehead atoms. The third kappa shape index (κ3) is 3.11. The van der Waals surface area contributed by atoms with Crippen LogP contribution in [0.1, 0.15) is 33.5 Å². The van der Waals surface area contributed by atoms with E-state index in [1.165, 1.54) is 24.3 Å². The summed E-state index contributed by atoms with van der Waals surface area (Å²) < 4.78 is 17.3. The molecule has 156 valence electrons. The number of nitrogens with zero attached hydrogens (tertiary/aromatic N) is 1. The van der Waals surface area contributed by atoms with Crippen molar-refractivity contribution in [2.45, 2.75) is 12.6 Å². The second-order valence-electron chi connectivity index (χ2n) is 7.16. The van der Waals surface area contributed by atoms with Gasteiger partial charge in [0.1, 0.15) is 11.3 Å². The number of amides is 1. The summed E-state index contributed by atoms with van der Waals surface area (Å²) in [5, 5.41) is 10.4. The average molecular weight is 482 g/mol. The van der Waals surface area contributed by atoms with Crippen molar-refractivity contribution in [3.05, 3.63) is 92.1 Å².